The molecule has 4 aromatic rings. The van der Waals surface area contributed by atoms with E-state index in [1.807, 2.05) is 41.8 Å². The summed E-state index contributed by atoms with van der Waals surface area (Å²) >= 11 is 3.07. The average molecular weight is 369 g/mol. The zero-order valence-electron chi connectivity index (χ0n) is 13.5. The van der Waals surface area contributed by atoms with Crippen LogP contribution in [-0.2, 0) is 5.75 Å². The molecule has 0 saturated heterocycles. The Hall–Kier alpha value is -2.45. The number of hydrogen-bond donors (Lipinski definition) is 1. The maximum Gasteiger partial charge on any atom is 0.268 e. The number of thiophene rings is 1. The fourth-order valence-corrected chi connectivity index (χ4v) is 3.70. The molecule has 3 heterocycles. The minimum absolute atomic E-state index is 0.554. The van der Waals surface area contributed by atoms with E-state index in [4.69, 9.17) is 4.52 Å². The number of nitrogens with one attached hydrogen (secondary N) is 1. The summed E-state index contributed by atoms with van der Waals surface area (Å²) in [6.45, 7) is 2.86. The Balaban J connectivity index is 1.54. The number of thioether (sulfide) groups is 1. The first-order valence-electron chi connectivity index (χ1n) is 7.83. The van der Waals surface area contributed by atoms with E-state index in [1.54, 1.807) is 11.3 Å². The van der Waals surface area contributed by atoms with Gasteiger partial charge >= 0.3 is 0 Å². The Morgan fingerprint density at radius 2 is 2.04 bits per heavy atom. The lowest BCUT2D eigenvalue weighted by Crippen LogP contribution is -2.02. The fourth-order valence-electron chi connectivity index (χ4n) is 2.36. The Morgan fingerprint density at radius 1 is 1.12 bits per heavy atom. The summed E-state index contributed by atoms with van der Waals surface area (Å²) in [5.41, 5.74) is 0.920. The molecule has 0 atom stereocenters. The predicted molar refractivity (Wildman–Crippen MR) is 101 cm³/mol. The quantitative estimate of drug-likeness (QED) is 0.397. The first-order valence-corrected chi connectivity index (χ1v) is 9.70. The van der Waals surface area contributed by atoms with Gasteiger partial charge in [0.05, 0.1) is 16.1 Å². The van der Waals surface area contributed by atoms with Crippen molar-refractivity contribution < 1.29 is 4.52 Å². The van der Waals surface area contributed by atoms with E-state index < -0.39 is 0 Å². The first-order chi connectivity index (χ1) is 12.3. The lowest BCUT2D eigenvalue weighted by molar-refractivity contribution is 0.426. The van der Waals surface area contributed by atoms with Crippen molar-refractivity contribution in [3.05, 3.63) is 47.6 Å². The smallest absolute Gasteiger partial charge is 0.268 e. The lowest BCUT2D eigenvalue weighted by Gasteiger charge is -2.08. The van der Waals surface area contributed by atoms with Crippen LogP contribution in [0.25, 0.3) is 21.7 Å². The number of rotatable bonds is 6. The van der Waals surface area contributed by atoms with Crippen molar-refractivity contribution in [2.24, 2.45) is 0 Å². The molecule has 126 valence electrons. The van der Waals surface area contributed by atoms with E-state index in [0.29, 0.717) is 22.6 Å². The van der Waals surface area contributed by atoms with Gasteiger partial charge in [-0.25, -0.2) is 9.97 Å². The van der Waals surface area contributed by atoms with Gasteiger partial charge in [-0.3, -0.25) is 0 Å². The third-order valence-electron chi connectivity index (χ3n) is 3.46. The minimum atomic E-state index is 0.554. The number of aromatic nitrogens is 4. The van der Waals surface area contributed by atoms with Gasteiger partial charge in [0.25, 0.3) is 5.89 Å². The second-order valence-electron chi connectivity index (χ2n) is 5.18. The topological polar surface area (TPSA) is 76.7 Å². The number of nitrogens with zero attached hydrogens (tertiary/aromatic N) is 4. The Morgan fingerprint density at radius 3 is 2.88 bits per heavy atom. The van der Waals surface area contributed by atoms with Crippen LogP contribution in [0.2, 0.25) is 0 Å². The van der Waals surface area contributed by atoms with E-state index in [9.17, 15) is 0 Å². The maximum absolute atomic E-state index is 5.31. The fraction of sp³-hybridized carbons (Fsp3) is 0.176. The van der Waals surface area contributed by atoms with Crippen molar-refractivity contribution in [1.29, 1.82) is 0 Å². The van der Waals surface area contributed by atoms with Crippen molar-refractivity contribution in [3.8, 4) is 10.8 Å². The summed E-state index contributed by atoms with van der Waals surface area (Å²) in [5, 5.41) is 11.0. The first kappa shape index (κ1) is 16.0. The highest BCUT2D eigenvalue weighted by molar-refractivity contribution is 7.98. The van der Waals surface area contributed by atoms with Crippen LogP contribution in [0.4, 0.5) is 5.82 Å². The number of benzene rings is 1. The summed E-state index contributed by atoms with van der Waals surface area (Å²) in [6.07, 6.45) is 0. The van der Waals surface area contributed by atoms with Gasteiger partial charge in [0.2, 0.25) is 0 Å². The van der Waals surface area contributed by atoms with Gasteiger partial charge in [-0.1, -0.05) is 35.1 Å². The zero-order valence-corrected chi connectivity index (χ0v) is 15.1. The highest BCUT2D eigenvalue weighted by atomic mass is 32.2. The summed E-state index contributed by atoms with van der Waals surface area (Å²) in [5.74, 6) is 2.59. The molecule has 25 heavy (non-hydrogen) atoms. The second kappa shape index (κ2) is 7.20. The van der Waals surface area contributed by atoms with Crippen molar-refractivity contribution in [1.82, 2.24) is 20.1 Å². The molecular formula is C17H15N5OS2. The number of anilines is 1. The summed E-state index contributed by atoms with van der Waals surface area (Å²) < 4.78 is 5.31. The maximum atomic E-state index is 5.31. The molecule has 0 aliphatic rings. The molecule has 8 heteroatoms. The van der Waals surface area contributed by atoms with Gasteiger partial charge in [0.15, 0.2) is 11.0 Å². The predicted octanol–water partition coefficient (Wildman–Crippen LogP) is 4.47. The van der Waals surface area contributed by atoms with Gasteiger partial charge in [0, 0.05) is 11.9 Å². The van der Waals surface area contributed by atoms with Crippen LogP contribution in [0.3, 0.4) is 0 Å². The highest BCUT2D eigenvalue weighted by Crippen LogP contribution is 2.27. The number of hydrogen-bond acceptors (Lipinski definition) is 8. The van der Waals surface area contributed by atoms with Crippen LogP contribution in [0, 0.1) is 0 Å². The van der Waals surface area contributed by atoms with Crippen LogP contribution < -0.4 is 5.32 Å². The minimum Gasteiger partial charge on any atom is -0.370 e. The SMILES string of the molecule is CCNc1nc(SCc2noc(-c3cccs3)n2)nc2ccccc12. The monoisotopic (exact) mass is 369 g/mol. The van der Waals surface area contributed by atoms with Gasteiger partial charge in [-0.15, -0.1) is 11.3 Å². The van der Waals surface area contributed by atoms with E-state index in [0.717, 1.165) is 28.1 Å². The number of fused-ring (bicyclic) bond motifs is 1. The van der Waals surface area contributed by atoms with Crippen molar-refractivity contribution in [2.45, 2.75) is 17.8 Å². The second-order valence-corrected chi connectivity index (χ2v) is 7.07. The molecule has 0 saturated carbocycles. The summed E-state index contributed by atoms with van der Waals surface area (Å²) in [6, 6.07) is 11.9. The van der Waals surface area contributed by atoms with Crippen LogP contribution in [0.15, 0.2) is 51.5 Å². The standard InChI is InChI=1S/C17H15N5OS2/c1-2-18-15-11-6-3-4-7-12(11)19-17(21-15)25-10-14-20-16(23-22-14)13-8-5-9-24-13/h3-9H,2,10H2,1H3,(H,18,19,21). The molecule has 0 spiro atoms. The molecule has 3 aromatic heterocycles. The lowest BCUT2D eigenvalue weighted by atomic mass is 10.2. The summed E-state index contributed by atoms with van der Waals surface area (Å²) in [7, 11) is 0. The molecular weight excluding hydrogens is 354 g/mol. The Labute approximate surface area is 152 Å². The van der Waals surface area contributed by atoms with E-state index >= 15 is 0 Å². The largest absolute Gasteiger partial charge is 0.370 e. The van der Waals surface area contributed by atoms with E-state index in [1.165, 1.54) is 11.8 Å². The number of para-hydroxylation sites is 1. The van der Waals surface area contributed by atoms with Crippen LogP contribution in [-0.4, -0.2) is 26.7 Å². The van der Waals surface area contributed by atoms with Crippen LogP contribution in [0.1, 0.15) is 12.7 Å². The molecule has 1 aromatic carbocycles. The van der Waals surface area contributed by atoms with Gasteiger partial charge in [0.1, 0.15) is 5.82 Å². The molecule has 0 fully saturated rings. The molecule has 0 aliphatic heterocycles. The van der Waals surface area contributed by atoms with Gasteiger partial charge < -0.3 is 9.84 Å². The molecule has 0 radical (unpaired) electrons. The molecule has 1 N–H and O–H groups in total. The van der Waals surface area contributed by atoms with Crippen LogP contribution >= 0.6 is 23.1 Å². The van der Waals surface area contributed by atoms with Gasteiger partial charge in [-0.05, 0) is 30.5 Å². The molecule has 6 nitrogen and oxygen atoms in total. The third kappa shape index (κ3) is 3.49. The Kier molecular flexibility index (Phi) is 4.62. The third-order valence-corrected chi connectivity index (χ3v) is 5.16. The van der Waals surface area contributed by atoms with E-state index in [2.05, 4.69) is 32.3 Å². The molecule has 4 rings (SSSR count). The van der Waals surface area contributed by atoms with Crippen LogP contribution in [0.5, 0.6) is 0 Å². The summed E-state index contributed by atoms with van der Waals surface area (Å²) in [4.78, 5) is 14.6. The normalized spacial score (nSPS) is 11.1. The molecule has 0 aliphatic carbocycles. The Bertz CT molecular complexity index is 984. The molecule has 0 amide bonds. The van der Waals surface area contributed by atoms with Crippen molar-refractivity contribution >= 4 is 39.8 Å². The van der Waals surface area contributed by atoms with Crippen molar-refractivity contribution in [2.75, 3.05) is 11.9 Å². The zero-order chi connectivity index (χ0) is 17.1. The highest BCUT2D eigenvalue weighted by Gasteiger charge is 2.12. The van der Waals surface area contributed by atoms with Gasteiger partial charge in [-0.2, -0.15) is 4.98 Å². The molecule has 0 unspecified atom stereocenters. The van der Waals surface area contributed by atoms with E-state index in [-0.39, 0.29) is 0 Å². The average Bonchev–Trinajstić information content (AvgIpc) is 3.32. The van der Waals surface area contributed by atoms with Crippen molar-refractivity contribution in [3.63, 3.8) is 0 Å². The molecule has 0 bridgehead atoms.